The number of carbonyl (C=O) groups is 1. The second kappa shape index (κ2) is 5.30. The van der Waals surface area contributed by atoms with E-state index < -0.39 is 0 Å². The lowest BCUT2D eigenvalue weighted by Gasteiger charge is -2.13. The van der Waals surface area contributed by atoms with Crippen LogP contribution in [-0.2, 0) is 0 Å². The fourth-order valence-electron chi connectivity index (χ4n) is 2.26. The highest BCUT2D eigenvalue weighted by Crippen LogP contribution is 2.28. The Hall–Kier alpha value is -1.79. The molecule has 1 aliphatic rings. The summed E-state index contributed by atoms with van der Waals surface area (Å²) in [6, 6.07) is 6.48. The van der Waals surface area contributed by atoms with Crippen LogP contribution < -0.4 is 5.73 Å². The van der Waals surface area contributed by atoms with Crippen molar-refractivity contribution in [2.24, 2.45) is 5.73 Å². The van der Waals surface area contributed by atoms with Crippen LogP contribution in [0.25, 0.3) is 10.6 Å². The largest absolute Gasteiger partial charge is 0.336 e. The molecule has 4 nitrogen and oxygen atoms in total. The molecule has 1 aromatic heterocycles. The van der Waals surface area contributed by atoms with E-state index in [1.165, 1.54) is 23.6 Å². The van der Waals surface area contributed by atoms with Gasteiger partial charge < -0.3 is 10.6 Å². The summed E-state index contributed by atoms with van der Waals surface area (Å²) in [5.74, 6) is -0.401. The van der Waals surface area contributed by atoms with Crippen LogP contribution in [0.1, 0.15) is 16.1 Å². The van der Waals surface area contributed by atoms with Gasteiger partial charge in [-0.1, -0.05) is 12.1 Å². The smallest absolute Gasteiger partial charge is 0.265 e. The Balaban J connectivity index is 1.84. The summed E-state index contributed by atoms with van der Waals surface area (Å²) in [6.45, 7) is 1.25. The highest BCUT2D eigenvalue weighted by atomic mass is 32.1. The van der Waals surface area contributed by atoms with Gasteiger partial charge in [-0.3, -0.25) is 4.79 Å². The van der Waals surface area contributed by atoms with Gasteiger partial charge >= 0.3 is 0 Å². The monoisotopic (exact) mass is 291 g/mol. The van der Waals surface area contributed by atoms with Gasteiger partial charge in [0.15, 0.2) is 0 Å². The van der Waals surface area contributed by atoms with Gasteiger partial charge in [-0.05, 0) is 18.6 Å². The fraction of sp³-hybridized carbons (Fsp3) is 0.286. The second-order valence-corrected chi connectivity index (χ2v) is 5.84. The molecule has 20 heavy (non-hydrogen) atoms. The van der Waals surface area contributed by atoms with Crippen molar-refractivity contribution in [3.63, 3.8) is 0 Å². The van der Waals surface area contributed by atoms with E-state index in [4.69, 9.17) is 5.73 Å². The topological polar surface area (TPSA) is 59.2 Å². The Bertz CT molecular complexity index is 643. The average Bonchev–Trinajstić information content (AvgIpc) is 3.07. The van der Waals surface area contributed by atoms with Crippen molar-refractivity contribution < 1.29 is 9.18 Å². The van der Waals surface area contributed by atoms with Crippen LogP contribution in [0.2, 0.25) is 0 Å². The zero-order valence-corrected chi connectivity index (χ0v) is 11.6. The first-order valence-electron chi connectivity index (χ1n) is 6.41. The molecule has 0 radical (unpaired) electrons. The maximum absolute atomic E-state index is 13.7. The molecule has 3 rings (SSSR count). The molecular formula is C14H14FN3OS. The van der Waals surface area contributed by atoms with Crippen molar-refractivity contribution >= 4 is 17.2 Å². The number of nitrogens with zero attached hydrogens (tertiary/aromatic N) is 2. The standard InChI is InChI=1S/C14H14FN3OS/c15-11-4-2-1-3-10(11)13-17-7-12(20-13)14(19)18-6-5-9(16)8-18/h1-4,7,9H,5-6,8,16H2/t9-/m1/s1. The van der Waals surface area contributed by atoms with Crippen molar-refractivity contribution in [2.75, 3.05) is 13.1 Å². The first-order valence-corrected chi connectivity index (χ1v) is 7.22. The number of hydrogen-bond acceptors (Lipinski definition) is 4. The minimum Gasteiger partial charge on any atom is -0.336 e. The molecule has 1 aromatic carbocycles. The number of hydrogen-bond donors (Lipinski definition) is 1. The lowest BCUT2D eigenvalue weighted by Crippen LogP contribution is -2.31. The van der Waals surface area contributed by atoms with Crippen molar-refractivity contribution in [1.29, 1.82) is 0 Å². The Morgan fingerprint density at radius 2 is 2.25 bits per heavy atom. The number of halogens is 1. The quantitative estimate of drug-likeness (QED) is 0.922. The van der Waals surface area contributed by atoms with Crippen LogP contribution in [-0.4, -0.2) is 34.9 Å². The van der Waals surface area contributed by atoms with E-state index in [1.54, 1.807) is 23.1 Å². The number of likely N-dealkylation sites (tertiary alicyclic amines) is 1. The van der Waals surface area contributed by atoms with E-state index in [9.17, 15) is 9.18 Å². The fourth-order valence-corrected chi connectivity index (χ4v) is 3.17. The molecule has 0 aliphatic carbocycles. The van der Waals surface area contributed by atoms with Crippen LogP contribution >= 0.6 is 11.3 Å². The van der Waals surface area contributed by atoms with Gasteiger partial charge in [-0.25, -0.2) is 9.37 Å². The van der Waals surface area contributed by atoms with Crippen molar-refractivity contribution in [3.05, 3.63) is 41.2 Å². The third-order valence-electron chi connectivity index (χ3n) is 3.33. The molecule has 0 saturated carbocycles. The van der Waals surface area contributed by atoms with Crippen molar-refractivity contribution in [1.82, 2.24) is 9.88 Å². The molecule has 104 valence electrons. The van der Waals surface area contributed by atoms with Gasteiger partial charge in [-0.15, -0.1) is 11.3 Å². The van der Waals surface area contributed by atoms with Gasteiger partial charge in [0.2, 0.25) is 0 Å². The lowest BCUT2D eigenvalue weighted by molar-refractivity contribution is 0.0795. The van der Waals surface area contributed by atoms with Crippen LogP contribution in [0, 0.1) is 5.82 Å². The van der Waals surface area contributed by atoms with Crippen molar-refractivity contribution in [2.45, 2.75) is 12.5 Å². The molecule has 0 unspecified atom stereocenters. The molecular weight excluding hydrogens is 277 g/mol. The first kappa shape index (κ1) is 13.2. The van der Waals surface area contributed by atoms with E-state index in [0.717, 1.165) is 6.42 Å². The molecule has 2 N–H and O–H groups in total. The Morgan fingerprint density at radius 3 is 2.95 bits per heavy atom. The predicted molar refractivity (Wildman–Crippen MR) is 76.0 cm³/mol. The minimum absolute atomic E-state index is 0.0536. The Kier molecular flexibility index (Phi) is 3.50. The Morgan fingerprint density at radius 1 is 1.45 bits per heavy atom. The summed E-state index contributed by atoms with van der Waals surface area (Å²) in [4.78, 5) is 18.7. The highest BCUT2D eigenvalue weighted by Gasteiger charge is 2.26. The predicted octanol–water partition coefficient (Wildman–Crippen LogP) is 2.12. The van der Waals surface area contributed by atoms with Crippen LogP contribution in [0.4, 0.5) is 4.39 Å². The van der Waals surface area contributed by atoms with Gasteiger partial charge in [0.25, 0.3) is 5.91 Å². The van der Waals surface area contributed by atoms with E-state index in [1.807, 2.05) is 0 Å². The number of rotatable bonds is 2. The number of amides is 1. The number of aromatic nitrogens is 1. The molecule has 1 aliphatic heterocycles. The van der Waals surface area contributed by atoms with Gasteiger partial charge in [0, 0.05) is 24.7 Å². The molecule has 1 fully saturated rings. The molecule has 2 aromatic rings. The number of nitrogens with two attached hydrogens (primary N) is 1. The van der Waals surface area contributed by atoms with E-state index >= 15 is 0 Å². The molecule has 0 spiro atoms. The summed E-state index contributed by atoms with van der Waals surface area (Å²) in [7, 11) is 0. The zero-order chi connectivity index (χ0) is 14.1. The average molecular weight is 291 g/mol. The maximum atomic E-state index is 13.7. The molecule has 2 heterocycles. The van der Waals surface area contributed by atoms with E-state index in [-0.39, 0.29) is 17.8 Å². The SMILES string of the molecule is N[C@@H]1CCN(C(=O)c2cnc(-c3ccccc3F)s2)C1. The molecule has 1 atom stereocenters. The van der Waals surface area contributed by atoms with Gasteiger partial charge in [0.05, 0.1) is 6.20 Å². The zero-order valence-electron chi connectivity index (χ0n) is 10.8. The second-order valence-electron chi connectivity index (χ2n) is 4.81. The van der Waals surface area contributed by atoms with Gasteiger partial charge in [0.1, 0.15) is 15.7 Å². The summed E-state index contributed by atoms with van der Waals surface area (Å²) < 4.78 is 13.7. The summed E-state index contributed by atoms with van der Waals surface area (Å²) >= 11 is 1.21. The number of benzene rings is 1. The normalized spacial score (nSPS) is 18.5. The van der Waals surface area contributed by atoms with Crippen LogP contribution in [0.3, 0.4) is 0 Å². The number of thiazole rings is 1. The summed E-state index contributed by atoms with van der Waals surface area (Å²) in [6.07, 6.45) is 2.34. The Labute approximate surface area is 120 Å². The van der Waals surface area contributed by atoms with E-state index in [2.05, 4.69) is 4.98 Å². The van der Waals surface area contributed by atoms with Gasteiger partial charge in [-0.2, -0.15) is 0 Å². The molecule has 6 heteroatoms. The lowest BCUT2D eigenvalue weighted by atomic mass is 10.2. The molecule has 0 bridgehead atoms. The van der Waals surface area contributed by atoms with Crippen LogP contribution in [0.5, 0.6) is 0 Å². The molecule has 1 saturated heterocycles. The molecule has 1 amide bonds. The third-order valence-corrected chi connectivity index (χ3v) is 4.35. The summed E-state index contributed by atoms with van der Waals surface area (Å²) in [5.41, 5.74) is 6.23. The van der Waals surface area contributed by atoms with Crippen molar-refractivity contribution in [3.8, 4) is 10.6 Å². The summed E-state index contributed by atoms with van der Waals surface area (Å²) in [5, 5.41) is 0.523. The van der Waals surface area contributed by atoms with E-state index in [0.29, 0.717) is 28.5 Å². The third kappa shape index (κ3) is 2.44. The minimum atomic E-state index is -0.330. The first-order chi connectivity index (χ1) is 9.65. The number of carbonyl (C=O) groups excluding carboxylic acids is 1. The van der Waals surface area contributed by atoms with Crippen LogP contribution in [0.15, 0.2) is 30.5 Å². The maximum Gasteiger partial charge on any atom is 0.265 e. The highest BCUT2D eigenvalue weighted by molar-refractivity contribution is 7.16.